The number of anilines is 1. The first kappa shape index (κ1) is 18.7. The number of aliphatic imine (C=N–C) groups is 1. The minimum Gasteiger partial charge on any atom is -0.370 e. The van der Waals surface area contributed by atoms with Crippen LogP contribution in [0.5, 0.6) is 0 Å². The molecule has 0 aliphatic heterocycles. The number of hydrogen-bond donors (Lipinski definition) is 3. The molecule has 0 unspecified atom stereocenters. The highest BCUT2D eigenvalue weighted by Gasteiger charge is 2.02. The molecular weight excluding hydrogens is 367 g/mol. The van der Waals surface area contributed by atoms with Crippen LogP contribution in [0.15, 0.2) is 29.3 Å². The molecule has 0 aliphatic rings. The summed E-state index contributed by atoms with van der Waals surface area (Å²) >= 11 is 0. The van der Waals surface area contributed by atoms with Gasteiger partial charge in [-0.05, 0) is 38.0 Å². The molecule has 0 atom stereocenters. The zero-order chi connectivity index (χ0) is 14.3. The van der Waals surface area contributed by atoms with Gasteiger partial charge in [0.15, 0.2) is 5.96 Å². The maximum Gasteiger partial charge on any atom is 0.242 e. The van der Waals surface area contributed by atoms with Gasteiger partial charge in [0.05, 0.1) is 0 Å². The summed E-state index contributed by atoms with van der Waals surface area (Å²) in [7, 11) is 0. The van der Waals surface area contributed by atoms with Crippen molar-refractivity contribution in [2.75, 3.05) is 11.9 Å². The molecule has 0 bridgehead atoms. The molecule has 0 radical (unpaired) electrons. The fraction of sp³-hybridized carbons (Fsp3) is 0.429. The van der Waals surface area contributed by atoms with Crippen molar-refractivity contribution in [3.63, 3.8) is 0 Å². The van der Waals surface area contributed by atoms with Crippen molar-refractivity contribution < 1.29 is 4.79 Å². The molecule has 0 aliphatic carbocycles. The minimum absolute atomic E-state index is 0. The van der Waals surface area contributed by atoms with Crippen LogP contribution in [0.1, 0.15) is 26.3 Å². The first-order valence-corrected chi connectivity index (χ1v) is 6.46. The largest absolute Gasteiger partial charge is 0.370 e. The molecular formula is C14H23IN4O. The van der Waals surface area contributed by atoms with E-state index < -0.39 is 0 Å². The summed E-state index contributed by atoms with van der Waals surface area (Å²) in [4.78, 5) is 15.4. The second kappa shape index (κ2) is 9.57. The second-order valence-corrected chi connectivity index (χ2v) is 4.60. The van der Waals surface area contributed by atoms with Crippen LogP contribution in [0.3, 0.4) is 0 Å². The highest BCUT2D eigenvalue weighted by molar-refractivity contribution is 14.0. The standard InChI is InChI=1S/C14H22N4O.HI/c1-4-11-6-5-7-12(8-11)18-14(15)16-9-13(19)17-10(2)3;/h5-8,10H,4,9H2,1-3H3,(H,17,19)(H3,15,16,18);1H. The summed E-state index contributed by atoms with van der Waals surface area (Å²) in [6.45, 7) is 5.93. The van der Waals surface area contributed by atoms with E-state index in [4.69, 9.17) is 5.73 Å². The lowest BCUT2D eigenvalue weighted by Crippen LogP contribution is -2.33. The van der Waals surface area contributed by atoms with E-state index in [2.05, 4.69) is 28.6 Å². The van der Waals surface area contributed by atoms with Gasteiger partial charge >= 0.3 is 0 Å². The molecule has 6 heteroatoms. The molecule has 0 aromatic heterocycles. The zero-order valence-electron chi connectivity index (χ0n) is 12.1. The lowest BCUT2D eigenvalue weighted by atomic mass is 10.1. The number of carbonyl (C=O) groups excluding carboxylic acids is 1. The van der Waals surface area contributed by atoms with E-state index in [0.29, 0.717) is 0 Å². The molecule has 1 amide bonds. The predicted octanol–water partition coefficient (Wildman–Crippen LogP) is 2.12. The molecule has 4 N–H and O–H groups in total. The Morgan fingerprint density at radius 2 is 2.10 bits per heavy atom. The summed E-state index contributed by atoms with van der Waals surface area (Å²) in [6, 6.07) is 8.04. The van der Waals surface area contributed by atoms with Crippen LogP contribution in [0.2, 0.25) is 0 Å². The molecule has 20 heavy (non-hydrogen) atoms. The average Bonchev–Trinajstić information content (AvgIpc) is 2.36. The van der Waals surface area contributed by atoms with Crippen LogP contribution in [-0.2, 0) is 11.2 Å². The van der Waals surface area contributed by atoms with Crippen molar-refractivity contribution >= 4 is 41.5 Å². The Kier molecular flexibility index (Phi) is 8.94. The van der Waals surface area contributed by atoms with Gasteiger partial charge in [-0.2, -0.15) is 0 Å². The quantitative estimate of drug-likeness (QED) is 0.409. The first-order valence-electron chi connectivity index (χ1n) is 6.46. The third-order valence-electron chi connectivity index (χ3n) is 2.45. The van der Waals surface area contributed by atoms with Gasteiger partial charge in [0.25, 0.3) is 0 Å². The predicted molar refractivity (Wildman–Crippen MR) is 94.6 cm³/mol. The Hall–Kier alpha value is -1.31. The SMILES string of the molecule is CCc1cccc(NC(N)=NCC(=O)NC(C)C)c1.I. The van der Waals surface area contributed by atoms with Gasteiger partial charge in [0.1, 0.15) is 6.54 Å². The van der Waals surface area contributed by atoms with E-state index in [-0.39, 0.29) is 48.4 Å². The van der Waals surface area contributed by atoms with Gasteiger partial charge in [0.2, 0.25) is 5.91 Å². The third kappa shape index (κ3) is 7.32. The Morgan fingerprint density at radius 3 is 2.70 bits per heavy atom. The van der Waals surface area contributed by atoms with E-state index >= 15 is 0 Å². The Bertz CT molecular complexity index is 460. The Labute approximate surface area is 137 Å². The van der Waals surface area contributed by atoms with Gasteiger partial charge in [-0.1, -0.05) is 19.1 Å². The Balaban J connectivity index is 0.00000361. The number of nitrogens with zero attached hydrogens (tertiary/aromatic N) is 1. The van der Waals surface area contributed by atoms with E-state index in [1.165, 1.54) is 5.56 Å². The average molecular weight is 390 g/mol. The van der Waals surface area contributed by atoms with Gasteiger partial charge in [-0.15, -0.1) is 24.0 Å². The number of aryl methyl sites for hydroxylation is 1. The smallest absolute Gasteiger partial charge is 0.242 e. The number of carbonyl (C=O) groups is 1. The van der Waals surface area contributed by atoms with E-state index in [1.807, 2.05) is 32.0 Å². The molecule has 0 fully saturated rings. The van der Waals surface area contributed by atoms with Crippen LogP contribution in [0, 0.1) is 0 Å². The Morgan fingerprint density at radius 1 is 1.40 bits per heavy atom. The third-order valence-corrected chi connectivity index (χ3v) is 2.45. The number of guanidine groups is 1. The highest BCUT2D eigenvalue weighted by atomic mass is 127. The molecule has 1 aromatic carbocycles. The minimum atomic E-state index is -0.137. The number of hydrogen-bond acceptors (Lipinski definition) is 2. The van der Waals surface area contributed by atoms with Crippen LogP contribution in [0.4, 0.5) is 5.69 Å². The summed E-state index contributed by atoms with van der Waals surface area (Å²) in [5, 5.41) is 5.72. The normalized spacial score (nSPS) is 10.9. The highest BCUT2D eigenvalue weighted by Crippen LogP contribution is 2.10. The van der Waals surface area contributed by atoms with Crippen molar-refractivity contribution in [1.82, 2.24) is 5.32 Å². The number of halogens is 1. The summed E-state index contributed by atoms with van der Waals surface area (Å²) in [5.41, 5.74) is 7.83. The number of nitrogens with one attached hydrogen (secondary N) is 2. The van der Waals surface area contributed by atoms with Crippen LogP contribution < -0.4 is 16.4 Å². The molecule has 0 spiro atoms. The van der Waals surface area contributed by atoms with Crippen LogP contribution in [0.25, 0.3) is 0 Å². The summed E-state index contributed by atoms with van der Waals surface area (Å²) in [6.07, 6.45) is 0.962. The van der Waals surface area contributed by atoms with Crippen molar-refractivity contribution in [3.8, 4) is 0 Å². The number of rotatable bonds is 5. The van der Waals surface area contributed by atoms with Crippen molar-refractivity contribution in [3.05, 3.63) is 29.8 Å². The van der Waals surface area contributed by atoms with Gasteiger partial charge in [-0.25, -0.2) is 4.99 Å². The van der Waals surface area contributed by atoms with Crippen molar-refractivity contribution in [1.29, 1.82) is 0 Å². The van der Waals surface area contributed by atoms with E-state index in [9.17, 15) is 4.79 Å². The lowest BCUT2D eigenvalue weighted by Gasteiger charge is -2.08. The van der Waals surface area contributed by atoms with Gasteiger partial charge in [-0.3, -0.25) is 4.79 Å². The van der Waals surface area contributed by atoms with Crippen molar-refractivity contribution in [2.24, 2.45) is 10.7 Å². The van der Waals surface area contributed by atoms with E-state index in [1.54, 1.807) is 0 Å². The molecule has 0 saturated carbocycles. The monoisotopic (exact) mass is 390 g/mol. The molecule has 0 heterocycles. The van der Waals surface area contributed by atoms with E-state index in [0.717, 1.165) is 12.1 Å². The van der Waals surface area contributed by atoms with Crippen molar-refractivity contribution in [2.45, 2.75) is 33.2 Å². The maximum atomic E-state index is 11.4. The topological polar surface area (TPSA) is 79.5 Å². The van der Waals surface area contributed by atoms with Gasteiger partial charge < -0.3 is 16.4 Å². The fourth-order valence-corrected chi connectivity index (χ4v) is 1.58. The molecule has 1 aromatic rings. The molecule has 1 rings (SSSR count). The van der Waals surface area contributed by atoms with Gasteiger partial charge in [0, 0.05) is 11.7 Å². The number of benzene rings is 1. The molecule has 112 valence electrons. The molecule has 0 saturated heterocycles. The summed E-state index contributed by atoms with van der Waals surface area (Å²) in [5.74, 6) is 0.106. The molecule has 5 nitrogen and oxygen atoms in total. The first-order chi connectivity index (χ1) is 9.01. The maximum absolute atomic E-state index is 11.4. The van der Waals surface area contributed by atoms with Crippen LogP contribution >= 0.6 is 24.0 Å². The lowest BCUT2D eigenvalue weighted by molar-refractivity contribution is -0.120. The zero-order valence-corrected chi connectivity index (χ0v) is 14.5. The fourth-order valence-electron chi connectivity index (χ4n) is 1.58. The van der Waals surface area contributed by atoms with Crippen LogP contribution in [-0.4, -0.2) is 24.5 Å². The second-order valence-electron chi connectivity index (χ2n) is 4.60. The number of nitrogens with two attached hydrogens (primary N) is 1. The number of amides is 1. The summed E-state index contributed by atoms with van der Waals surface area (Å²) < 4.78 is 0.